The smallest absolute Gasteiger partial charge is 0.123 e. The van der Waals surface area contributed by atoms with Gasteiger partial charge in [-0.15, -0.1) is 0 Å². The summed E-state index contributed by atoms with van der Waals surface area (Å²) < 4.78 is 12.7. The van der Waals surface area contributed by atoms with Crippen LogP contribution >= 0.6 is 0 Å². The number of nitrogens with one attached hydrogen (secondary N) is 1. The van der Waals surface area contributed by atoms with Crippen molar-refractivity contribution in [2.45, 2.75) is 12.5 Å². The van der Waals surface area contributed by atoms with Gasteiger partial charge in [0.2, 0.25) is 0 Å². The molecular formula is C15H14FN3. The van der Waals surface area contributed by atoms with Gasteiger partial charge in [0.05, 0.1) is 6.07 Å². The fourth-order valence-corrected chi connectivity index (χ4v) is 1.80. The molecule has 0 saturated heterocycles. The Morgan fingerprint density at radius 1 is 1.26 bits per heavy atom. The van der Waals surface area contributed by atoms with Crippen LogP contribution < -0.4 is 5.32 Å². The van der Waals surface area contributed by atoms with Crippen LogP contribution in [-0.4, -0.2) is 11.5 Å². The topological polar surface area (TPSA) is 48.7 Å². The van der Waals surface area contributed by atoms with Crippen LogP contribution in [0, 0.1) is 17.1 Å². The largest absolute Gasteiger partial charge is 0.298 e. The SMILES string of the molecule is N#CC(NCCc1ccc(F)cc1)c1cccnc1. The molecule has 2 rings (SSSR count). The van der Waals surface area contributed by atoms with E-state index >= 15 is 0 Å². The van der Waals surface area contributed by atoms with Crippen molar-refractivity contribution in [2.75, 3.05) is 6.54 Å². The molecule has 0 radical (unpaired) electrons. The monoisotopic (exact) mass is 255 g/mol. The number of benzene rings is 1. The van der Waals surface area contributed by atoms with Crippen molar-refractivity contribution < 1.29 is 4.39 Å². The predicted octanol–water partition coefficient (Wildman–Crippen LogP) is 2.62. The summed E-state index contributed by atoms with van der Waals surface area (Å²) in [6, 6.07) is 11.9. The second-order valence-corrected chi connectivity index (χ2v) is 4.18. The van der Waals surface area contributed by atoms with E-state index in [9.17, 15) is 4.39 Å². The zero-order chi connectivity index (χ0) is 13.5. The van der Waals surface area contributed by atoms with Gasteiger partial charge in [0, 0.05) is 24.5 Å². The third kappa shape index (κ3) is 3.87. The quantitative estimate of drug-likeness (QED) is 0.893. The van der Waals surface area contributed by atoms with Crippen LogP contribution in [0.4, 0.5) is 4.39 Å². The molecule has 4 heteroatoms. The zero-order valence-corrected chi connectivity index (χ0v) is 10.4. The molecule has 0 aliphatic heterocycles. The summed E-state index contributed by atoms with van der Waals surface area (Å²) in [5.74, 6) is -0.234. The Labute approximate surface area is 111 Å². The fraction of sp³-hybridized carbons (Fsp3) is 0.200. The molecule has 0 spiro atoms. The van der Waals surface area contributed by atoms with Gasteiger partial charge >= 0.3 is 0 Å². The number of halogens is 1. The third-order valence-electron chi connectivity index (χ3n) is 2.82. The maximum atomic E-state index is 12.7. The first-order valence-corrected chi connectivity index (χ1v) is 6.07. The van der Waals surface area contributed by atoms with Gasteiger partial charge < -0.3 is 0 Å². The Morgan fingerprint density at radius 2 is 2.05 bits per heavy atom. The van der Waals surface area contributed by atoms with Gasteiger partial charge in [-0.3, -0.25) is 10.3 Å². The molecule has 0 aliphatic rings. The van der Waals surface area contributed by atoms with E-state index in [2.05, 4.69) is 16.4 Å². The van der Waals surface area contributed by atoms with Crippen molar-refractivity contribution in [3.05, 3.63) is 65.7 Å². The summed E-state index contributed by atoms with van der Waals surface area (Å²) in [6.45, 7) is 0.652. The van der Waals surface area contributed by atoms with Crippen LogP contribution in [0.3, 0.4) is 0 Å². The number of rotatable bonds is 5. The molecule has 1 heterocycles. The summed E-state index contributed by atoms with van der Waals surface area (Å²) in [4.78, 5) is 4.00. The van der Waals surface area contributed by atoms with Crippen LogP contribution in [0.25, 0.3) is 0 Å². The van der Waals surface area contributed by atoms with E-state index in [4.69, 9.17) is 5.26 Å². The second kappa shape index (κ2) is 6.62. The summed E-state index contributed by atoms with van der Waals surface area (Å²) in [6.07, 6.45) is 4.11. The normalized spacial score (nSPS) is 11.8. The molecule has 19 heavy (non-hydrogen) atoms. The van der Waals surface area contributed by atoms with Crippen LogP contribution in [0.15, 0.2) is 48.8 Å². The number of nitriles is 1. The first-order valence-electron chi connectivity index (χ1n) is 6.07. The van der Waals surface area contributed by atoms with E-state index in [0.717, 1.165) is 17.5 Å². The van der Waals surface area contributed by atoms with Gasteiger partial charge in [0.25, 0.3) is 0 Å². The molecule has 96 valence electrons. The molecule has 0 aliphatic carbocycles. The lowest BCUT2D eigenvalue weighted by atomic mass is 10.1. The Bertz CT molecular complexity index is 546. The number of hydrogen-bond acceptors (Lipinski definition) is 3. The van der Waals surface area contributed by atoms with Crippen molar-refractivity contribution in [3.63, 3.8) is 0 Å². The molecule has 0 amide bonds. The Balaban J connectivity index is 1.88. The van der Waals surface area contributed by atoms with Crippen LogP contribution in [0.2, 0.25) is 0 Å². The summed E-state index contributed by atoms with van der Waals surface area (Å²) in [7, 11) is 0. The minimum atomic E-state index is -0.367. The number of pyridine rings is 1. The van der Waals surface area contributed by atoms with Crippen molar-refractivity contribution in [1.82, 2.24) is 10.3 Å². The third-order valence-corrected chi connectivity index (χ3v) is 2.82. The standard InChI is InChI=1S/C15H14FN3/c16-14-5-3-12(4-6-14)7-9-19-15(10-17)13-2-1-8-18-11-13/h1-6,8,11,15,19H,7,9H2. The van der Waals surface area contributed by atoms with Gasteiger partial charge in [-0.05, 0) is 30.2 Å². The average molecular weight is 255 g/mol. The van der Waals surface area contributed by atoms with E-state index in [-0.39, 0.29) is 11.9 Å². The molecule has 1 aromatic heterocycles. The summed E-state index contributed by atoms with van der Waals surface area (Å²) in [5.41, 5.74) is 1.89. The molecule has 1 unspecified atom stereocenters. The molecule has 0 bridgehead atoms. The first kappa shape index (κ1) is 13.2. The van der Waals surface area contributed by atoms with Crippen molar-refractivity contribution in [1.29, 1.82) is 5.26 Å². The fourth-order valence-electron chi connectivity index (χ4n) is 1.80. The van der Waals surface area contributed by atoms with Gasteiger partial charge in [0.1, 0.15) is 11.9 Å². The van der Waals surface area contributed by atoms with Crippen molar-refractivity contribution >= 4 is 0 Å². The van der Waals surface area contributed by atoms with E-state index in [1.54, 1.807) is 30.6 Å². The molecule has 2 aromatic rings. The van der Waals surface area contributed by atoms with Crippen molar-refractivity contribution in [2.24, 2.45) is 0 Å². The van der Waals surface area contributed by atoms with Gasteiger partial charge in [-0.1, -0.05) is 18.2 Å². The van der Waals surface area contributed by atoms with Gasteiger partial charge in [-0.25, -0.2) is 4.39 Å². The molecule has 1 aromatic carbocycles. The predicted molar refractivity (Wildman–Crippen MR) is 70.7 cm³/mol. The number of aromatic nitrogens is 1. The number of nitrogens with zero attached hydrogens (tertiary/aromatic N) is 2. The van der Waals surface area contributed by atoms with Crippen LogP contribution in [0.1, 0.15) is 17.2 Å². The zero-order valence-electron chi connectivity index (χ0n) is 10.4. The minimum absolute atomic E-state index is 0.234. The lowest BCUT2D eigenvalue weighted by Crippen LogP contribution is -2.22. The molecule has 0 saturated carbocycles. The Morgan fingerprint density at radius 3 is 2.68 bits per heavy atom. The van der Waals surface area contributed by atoms with E-state index in [1.165, 1.54) is 12.1 Å². The average Bonchev–Trinajstić information content (AvgIpc) is 2.46. The lowest BCUT2D eigenvalue weighted by molar-refractivity contribution is 0.619. The molecule has 3 nitrogen and oxygen atoms in total. The van der Waals surface area contributed by atoms with Crippen LogP contribution in [-0.2, 0) is 6.42 Å². The minimum Gasteiger partial charge on any atom is -0.298 e. The van der Waals surface area contributed by atoms with Gasteiger partial charge in [0.15, 0.2) is 0 Å². The highest BCUT2D eigenvalue weighted by Gasteiger charge is 2.08. The van der Waals surface area contributed by atoms with Gasteiger partial charge in [-0.2, -0.15) is 5.26 Å². The summed E-state index contributed by atoms with van der Waals surface area (Å²) >= 11 is 0. The molecule has 0 fully saturated rings. The highest BCUT2D eigenvalue weighted by Crippen LogP contribution is 2.10. The highest BCUT2D eigenvalue weighted by molar-refractivity contribution is 5.20. The number of hydrogen-bond donors (Lipinski definition) is 1. The van der Waals surface area contributed by atoms with E-state index in [0.29, 0.717) is 6.54 Å². The highest BCUT2D eigenvalue weighted by atomic mass is 19.1. The summed E-state index contributed by atoms with van der Waals surface area (Å²) in [5, 5.41) is 12.3. The maximum Gasteiger partial charge on any atom is 0.123 e. The molecule has 1 atom stereocenters. The molecular weight excluding hydrogens is 241 g/mol. The second-order valence-electron chi connectivity index (χ2n) is 4.18. The Kier molecular flexibility index (Phi) is 4.60. The lowest BCUT2D eigenvalue weighted by Gasteiger charge is -2.11. The van der Waals surface area contributed by atoms with Crippen molar-refractivity contribution in [3.8, 4) is 6.07 Å². The maximum absolute atomic E-state index is 12.7. The van der Waals surface area contributed by atoms with Crippen LogP contribution in [0.5, 0.6) is 0 Å². The Hall–Kier alpha value is -2.25. The van der Waals surface area contributed by atoms with E-state index in [1.807, 2.05) is 6.07 Å². The first-order chi connectivity index (χ1) is 9.29. The molecule has 1 N–H and O–H groups in total. The van der Waals surface area contributed by atoms with E-state index < -0.39 is 0 Å².